The molecule has 0 saturated carbocycles. The molecule has 0 spiro atoms. The van der Waals surface area contributed by atoms with Gasteiger partial charge in [0, 0.05) is 23.3 Å². The molecule has 1 aromatic heterocycles. The summed E-state index contributed by atoms with van der Waals surface area (Å²) in [6.07, 6.45) is 0. The van der Waals surface area contributed by atoms with Crippen molar-refractivity contribution in [2.45, 2.75) is 0 Å². The molecule has 0 fully saturated rings. The standard InChI is InChI=1S/C19H13BrN2O5/c1-22-13-7-11(3-5-15(13)26-9-18(22)24)21-19(25)17-8-14(23)12-4-2-10(20)6-16(12)27-17/h2-8H,9H2,1H3,(H,21,25). The lowest BCUT2D eigenvalue weighted by Gasteiger charge is -2.26. The van der Waals surface area contributed by atoms with Gasteiger partial charge in [0.2, 0.25) is 0 Å². The van der Waals surface area contributed by atoms with E-state index in [1.165, 1.54) is 4.90 Å². The zero-order valence-corrected chi connectivity index (χ0v) is 15.7. The molecule has 136 valence electrons. The molecule has 7 nitrogen and oxygen atoms in total. The number of anilines is 2. The number of ether oxygens (including phenoxy) is 1. The van der Waals surface area contributed by atoms with E-state index in [-0.39, 0.29) is 23.7 Å². The van der Waals surface area contributed by atoms with Crippen LogP contribution in [0, 0.1) is 0 Å². The summed E-state index contributed by atoms with van der Waals surface area (Å²) in [5.41, 5.74) is 0.998. The third-order valence-electron chi connectivity index (χ3n) is 4.22. The zero-order chi connectivity index (χ0) is 19.1. The lowest BCUT2D eigenvalue weighted by atomic mass is 10.2. The van der Waals surface area contributed by atoms with Crippen molar-refractivity contribution in [3.63, 3.8) is 0 Å². The Balaban J connectivity index is 1.66. The first-order chi connectivity index (χ1) is 12.9. The van der Waals surface area contributed by atoms with Crippen molar-refractivity contribution >= 4 is 50.1 Å². The number of benzene rings is 2. The van der Waals surface area contributed by atoms with E-state index < -0.39 is 5.91 Å². The van der Waals surface area contributed by atoms with Crippen molar-refractivity contribution in [1.82, 2.24) is 0 Å². The van der Waals surface area contributed by atoms with Gasteiger partial charge in [-0.3, -0.25) is 14.4 Å². The quantitative estimate of drug-likeness (QED) is 0.676. The number of amides is 2. The summed E-state index contributed by atoms with van der Waals surface area (Å²) in [6.45, 7) is -0.0208. The van der Waals surface area contributed by atoms with Crippen LogP contribution < -0.4 is 20.4 Å². The highest BCUT2D eigenvalue weighted by Gasteiger charge is 2.23. The average Bonchev–Trinajstić information content (AvgIpc) is 2.64. The van der Waals surface area contributed by atoms with Gasteiger partial charge in [0.05, 0.1) is 11.1 Å². The van der Waals surface area contributed by atoms with Crippen LogP contribution in [-0.2, 0) is 4.79 Å². The van der Waals surface area contributed by atoms with Gasteiger partial charge in [-0.1, -0.05) is 15.9 Å². The summed E-state index contributed by atoms with van der Waals surface area (Å²) in [5.74, 6) is -0.307. The van der Waals surface area contributed by atoms with Gasteiger partial charge in [-0.05, 0) is 36.4 Å². The largest absolute Gasteiger partial charge is 0.482 e. The fourth-order valence-electron chi connectivity index (χ4n) is 2.78. The fraction of sp³-hybridized carbons (Fsp3) is 0.105. The minimum Gasteiger partial charge on any atom is -0.482 e. The molecule has 2 aromatic carbocycles. The molecular formula is C19H13BrN2O5. The van der Waals surface area contributed by atoms with Crippen molar-refractivity contribution in [3.8, 4) is 5.75 Å². The first kappa shape index (κ1) is 17.3. The number of fused-ring (bicyclic) bond motifs is 2. The van der Waals surface area contributed by atoms with Gasteiger partial charge in [0.25, 0.3) is 11.8 Å². The molecule has 0 saturated heterocycles. The van der Waals surface area contributed by atoms with Gasteiger partial charge >= 0.3 is 0 Å². The van der Waals surface area contributed by atoms with Crippen LogP contribution >= 0.6 is 15.9 Å². The summed E-state index contributed by atoms with van der Waals surface area (Å²) in [4.78, 5) is 38.0. The van der Waals surface area contributed by atoms with Crippen LogP contribution in [0.25, 0.3) is 11.0 Å². The topological polar surface area (TPSA) is 88.9 Å². The molecule has 1 aliphatic rings. The molecular weight excluding hydrogens is 416 g/mol. The van der Waals surface area contributed by atoms with Crippen LogP contribution in [0.5, 0.6) is 5.75 Å². The molecule has 0 radical (unpaired) electrons. The number of hydrogen-bond donors (Lipinski definition) is 1. The summed E-state index contributed by atoms with van der Waals surface area (Å²) < 4.78 is 11.7. The average molecular weight is 429 g/mol. The second kappa shape index (κ2) is 6.55. The molecule has 4 rings (SSSR count). The van der Waals surface area contributed by atoms with Crippen molar-refractivity contribution in [3.05, 3.63) is 62.9 Å². The second-order valence-electron chi connectivity index (χ2n) is 5.99. The Morgan fingerprint density at radius 3 is 2.78 bits per heavy atom. The number of carbonyl (C=O) groups is 2. The number of halogens is 1. The Bertz CT molecular complexity index is 1150. The highest BCUT2D eigenvalue weighted by atomic mass is 79.9. The molecule has 8 heteroatoms. The number of rotatable bonds is 2. The smallest absolute Gasteiger partial charge is 0.291 e. The normalized spacial score (nSPS) is 13.3. The second-order valence-corrected chi connectivity index (χ2v) is 6.91. The minimum atomic E-state index is -0.570. The lowest BCUT2D eigenvalue weighted by Crippen LogP contribution is -2.35. The number of nitrogens with zero attached hydrogens (tertiary/aromatic N) is 1. The van der Waals surface area contributed by atoms with Crippen LogP contribution in [0.4, 0.5) is 11.4 Å². The molecule has 1 N–H and O–H groups in total. The molecule has 2 heterocycles. The first-order valence-corrected chi connectivity index (χ1v) is 8.80. The van der Waals surface area contributed by atoms with E-state index in [4.69, 9.17) is 9.15 Å². The molecule has 0 aliphatic carbocycles. The van der Waals surface area contributed by atoms with Crippen LogP contribution in [0.3, 0.4) is 0 Å². The molecule has 3 aromatic rings. The number of nitrogens with one attached hydrogen (secondary N) is 1. The molecule has 27 heavy (non-hydrogen) atoms. The van der Waals surface area contributed by atoms with E-state index in [1.54, 1.807) is 43.4 Å². The highest BCUT2D eigenvalue weighted by molar-refractivity contribution is 9.10. The molecule has 0 atom stereocenters. The minimum absolute atomic E-state index is 0.0208. The lowest BCUT2D eigenvalue weighted by molar-refractivity contribution is -0.120. The van der Waals surface area contributed by atoms with Crippen molar-refractivity contribution in [1.29, 1.82) is 0 Å². The fourth-order valence-corrected chi connectivity index (χ4v) is 3.12. The van der Waals surface area contributed by atoms with E-state index in [0.717, 1.165) is 10.5 Å². The van der Waals surface area contributed by atoms with Crippen molar-refractivity contribution < 1.29 is 18.7 Å². The van der Waals surface area contributed by atoms with Crippen LogP contribution in [0.2, 0.25) is 0 Å². The zero-order valence-electron chi connectivity index (χ0n) is 14.1. The van der Waals surface area contributed by atoms with E-state index in [1.807, 2.05) is 0 Å². The first-order valence-electron chi connectivity index (χ1n) is 8.00. The van der Waals surface area contributed by atoms with Crippen LogP contribution in [-0.4, -0.2) is 25.5 Å². The molecule has 1 aliphatic heterocycles. The summed E-state index contributed by atoms with van der Waals surface area (Å²) >= 11 is 3.31. The number of carbonyl (C=O) groups excluding carboxylic acids is 2. The number of likely N-dealkylation sites (N-methyl/N-ethyl adjacent to an activating group) is 1. The van der Waals surface area contributed by atoms with Crippen molar-refractivity contribution in [2.75, 3.05) is 23.9 Å². The maximum absolute atomic E-state index is 12.5. The van der Waals surface area contributed by atoms with E-state index in [2.05, 4.69) is 21.2 Å². The molecule has 0 unspecified atom stereocenters. The summed E-state index contributed by atoms with van der Waals surface area (Å²) in [5, 5.41) is 3.06. The Morgan fingerprint density at radius 1 is 1.15 bits per heavy atom. The molecule has 0 bridgehead atoms. The van der Waals surface area contributed by atoms with Gasteiger partial charge in [0.15, 0.2) is 17.8 Å². The van der Waals surface area contributed by atoms with E-state index >= 15 is 0 Å². The van der Waals surface area contributed by atoms with Gasteiger partial charge in [-0.25, -0.2) is 0 Å². The Kier molecular flexibility index (Phi) is 4.19. The van der Waals surface area contributed by atoms with Gasteiger partial charge in [-0.15, -0.1) is 0 Å². The van der Waals surface area contributed by atoms with E-state index in [0.29, 0.717) is 28.1 Å². The molecule has 2 amide bonds. The van der Waals surface area contributed by atoms with Crippen molar-refractivity contribution in [2.24, 2.45) is 0 Å². The van der Waals surface area contributed by atoms with E-state index in [9.17, 15) is 14.4 Å². The van der Waals surface area contributed by atoms with Crippen LogP contribution in [0.15, 0.2) is 56.1 Å². The Hall–Kier alpha value is -3.13. The highest BCUT2D eigenvalue weighted by Crippen LogP contribution is 2.33. The Morgan fingerprint density at radius 2 is 1.96 bits per heavy atom. The SMILES string of the molecule is CN1C(=O)COc2ccc(NC(=O)c3cc(=O)c4ccc(Br)cc4o3)cc21. The summed E-state index contributed by atoms with van der Waals surface area (Å²) in [6, 6.07) is 11.1. The maximum Gasteiger partial charge on any atom is 0.291 e. The third kappa shape index (κ3) is 3.19. The monoisotopic (exact) mass is 428 g/mol. The van der Waals surface area contributed by atoms with Gasteiger partial charge in [-0.2, -0.15) is 0 Å². The maximum atomic E-state index is 12.5. The number of hydrogen-bond acceptors (Lipinski definition) is 5. The summed E-state index contributed by atoms with van der Waals surface area (Å²) in [7, 11) is 1.63. The predicted octanol–water partition coefficient (Wildman–Crippen LogP) is 3.16. The Labute approximate surface area is 161 Å². The predicted molar refractivity (Wildman–Crippen MR) is 103 cm³/mol. The van der Waals surface area contributed by atoms with Crippen LogP contribution in [0.1, 0.15) is 10.6 Å². The van der Waals surface area contributed by atoms with Gasteiger partial charge < -0.3 is 19.4 Å². The van der Waals surface area contributed by atoms with Gasteiger partial charge in [0.1, 0.15) is 11.3 Å². The third-order valence-corrected chi connectivity index (χ3v) is 4.71.